The van der Waals surface area contributed by atoms with Crippen LogP contribution in [0.4, 0.5) is 0 Å². The highest BCUT2D eigenvalue weighted by Gasteiger charge is 2.45. The van der Waals surface area contributed by atoms with Crippen LogP contribution < -0.4 is 4.74 Å². The van der Waals surface area contributed by atoms with Crippen molar-refractivity contribution in [2.75, 3.05) is 53.4 Å². The normalized spacial score (nSPS) is 23.0. The molecule has 0 radical (unpaired) electrons. The molecule has 33 heavy (non-hydrogen) atoms. The van der Waals surface area contributed by atoms with Crippen LogP contribution in [0.2, 0.25) is 0 Å². The van der Waals surface area contributed by atoms with Crippen molar-refractivity contribution in [3.05, 3.63) is 65.2 Å². The van der Waals surface area contributed by atoms with Crippen LogP contribution in [0.15, 0.2) is 48.5 Å². The lowest BCUT2D eigenvalue weighted by atomic mass is 9.73. The summed E-state index contributed by atoms with van der Waals surface area (Å²) in [5, 5.41) is 0. The number of amides is 1. The molecule has 5 heteroatoms. The molecule has 2 heterocycles. The fraction of sp³-hybridized carbons (Fsp3) is 0.536. The summed E-state index contributed by atoms with van der Waals surface area (Å²) in [4.78, 5) is 20.1. The van der Waals surface area contributed by atoms with Gasteiger partial charge in [-0.05, 0) is 79.6 Å². The van der Waals surface area contributed by atoms with Gasteiger partial charge in [0.25, 0.3) is 0 Å². The van der Waals surface area contributed by atoms with Crippen molar-refractivity contribution in [3.8, 4) is 5.75 Å². The van der Waals surface area contributed by atoms with Crippen molar-refractivity contribution in [1.29, 1.82) is 0 Å². The smallest absolute Gasteiger partial charge is 0.223 e. The second kappa shape index (κ2) is 9.47. The fourth-order valence-corrected chi connectivity index (χ4v) is 6.21. The van der Waals surface area contributed by atoms with Gasteiger partial charge >= 0.3 is 0 Å². The van der Waals surface area contributed by atoms with Gasteiger partial charge < -0.3 is 14.5 Å². The third kappa shape index (κ3) is 4.67. The van der Waals surface area contributed by atoms with Gasteiger partial charge in [0.1, 0.15) is 5.75 Å². The zero-order valence-corrected chi connectivity index (χ0v) is 20.1. The molecule has 1 aliphatic carbocycles. The number of hydrogen-bond acceptors (Lipinski definition) is 4. The molecule has 5 rings (SSSR count). The number of carbonyl (C=O) groups is 1. The van der Waals surface area contributed by atoms with Crippen LogP contribution in [0.3, 0.4) is 0 Å². The molecule has 2 aromatic carbocycles. The topological polar surface area (TPSA) is 36.0 Å². The molecule has 2 saturated heterocycles. The Kier molecular flexibility index (Phi) is 6.44. The van der Waals surface area contributed by atoms with Crippen LogP contribution in [0.1, 0.15) is 48.3 Å². The Balaban J connectivity index is 1.24. The number of likely N-dealkylation sites (N-methyl/N-ethyl adjacent to an activating group) is 1. The van der Waals surface area contributed by atoms with E-state index in [4.69, 9.17) is 4.74 Å². The lowest BCUT2D eigenvalue weighted by Crippen LogP contribution is -2.47. The molecule has 1 atom stereocenters. The SMILES string of the molecule is COc1ccc(CN2CCC3(CC2)CC(CC(=O)N2CCN(C)CC2)c2ccccc23)cc1. The van der Waals surface area contributed by atoms with Gasteiger partial charge in [0, 0.05) is 39.1 Å². The lowest BCUT2D eigenvalue weighted by molar-refractivity contribution is -0.133. The predicted octanol–water partition coefficient (Wildman–Crippen LogP) is 3.88. The van der Waals surface area contributed by atoms with Gasteiger partial charge in [-0.25, -0.2) is 0 Å². The molecule has 5 nitrogen and oxygen atoms in total. The Bertz CT molecular complexity index is 957. The summed E-state index contributed by atoms with van der Waals surface area (Å²) in [5.74, 6) is 1.62. The van der Waals surface area contributed by atoms with Crippen LogP contribution in [-0.4, -0.2) is 74.0 Å². The van der Waals surface area contributed by atoms with Gasteiger partial charge in [0.05, 0.1) is 7.11 Å². The van der Waals surface area contributed by atoms with E-state index in [0.29, 0.717) is 18.2 Å². The number of nitrogens with zero attached hydrogens (tertiary/aromatic N) is 3. The molecule has 1 amide bonds. The quantitative estimate of drug-likeness (QED) is 0.697. The summed E-state index contributed by atoms with van der Waals surface area (Å²) in [7, 11) is 3.85. The largest absolute Gasteiger partial charge is 0.497 e. The number of likely N-dealkylation sites (tertiary alicyclic amines) is 1. The summed E-state index contributed by atoms with van der Waals surface area (Å²) in [6, 6.07) is 17.4. The summed E-state index contributed by atoms with van der Waals surface area (Å²) in [6.45, 7) is 6.93. The van der Waals surface area contributed by atoms with Gasteiger partial charge in [-0.3, -0.25) is 9.69 Å². The van der Waals surface area contributed by atoms with E-state index in [1.165, 1.54) is 29.5 Å². The maximum atomic E-state index is 13.1. The Morgan fingerprint density at radius 1 is 0.970 bits per heavy atom. The highest BCUT2D eigenvalue weighted by Crippen LogP contribution is 2.52. The molecular weight excluding hydrogens is 410 g/mol. The molecule has 2 aliphatic heterocycles. The average molecular weight is 448 g/mol. The maximum absolute atomic E-state index is 13.1. The van der Waals surface area contributed by atoms with Gasteiger partial charge in [-0.2, -0.15) is 0 Å². The first kappa shape index (κ1) is 22.4. The van der Waals surface area contributed by atoms with Gasteiger partial charge in [0.2, 0.25) is 5.91 Å². The Labute approximate surface area is 198 Å². The summed E-state index contributed by atoms with van der Waals surface area (Å²) in [6.07, 6.45) is 4.15. The molecule has 2 aromatic rings. The van der Waals surface area contributed by atoms with E-state index < -0.39 is 0 Å². The minimum atomic E-state index is 0.236. The van der Waals surface area contributed by atoms with Crippen molar-refractivity contribution >= 4 is 5.91 Å². The number of carbonyl (C=O) groups excluding carboxylic acids is 1. The summed E-state index contributed by atoms with van der Waals surface area (Å²) in [5.41, 5.74) is 4.53. The van der Waals surface area contributed by atoms with E-state index in [0.717, 1.165) is 58.0 Å². The number of benzene rings is 2. The van der Waals surface area contributed by atoms with E-state index in [9.17, 15) is 4.79 Å². The average Bonchev–Trinajstić information content (AvgIpc) is 3.14. The van der Waals surface area contributed by atoms with Crippen LogP contribution in [-0.2, 0) is 16.8 Å². The van der Waals surface area contributed by atoms with Crippen molar-refractivity contribution < 1.29 is 9.53 Å². The van der Waals surface area contributed by atoms with Crippen LogP contribution in [0.5, 0.6) is 5.75 Å². The minimum Gasteiger partial charge on any atom is -0.497 e. The number of rotatable bonds is 5. The first-order chi connectivity index (χ1) is 16.1. The van der Waals surface area contributed by atoms with Gasteiger partial charge in [-0.1, -0.05) is 36.4 Å². The Morgan fingerprint density at radius 3 is 2.36 bits per heavy atom. The van der Waals surface area contributed by atoms with Crippen LogP contribution in [0, 0.1) is 0 Å². The third-order valence-electron chi connectivity index (χ3n) is 8.26. The number of piperazine rings is 1. The number of piperidine rings is 1. The molecule has 0 N–H and O–H groups in total. The van der Waals surface area contributed by atoms with Crippen molar-refractivity contribution in [1.82, 2.24) is 14.7 Å². The highest BCUT2D eigenvalue weighted by atomic mass is 16.5. The van der Waals surface area contributed by atoms with E-state index >= 15 is 0 Å². The molecule has 2 fully saturated rings. The molecule has 1 unspecified atom stereocenters. The number of ether oxygens (including phenoxy) is 1. The van der Waals surface area contributed by atoms with E-state index in [2.05, 4.69) is 70.3 Å². The second-order valence-electron chi connectivity index (χ2n) is 10.3. The summed E-state index contributed by atoms with van der Waals surface area (Å²) >= 11 is 0. The standard InChI is InChI=1S/C28H37N3O2/c1-29-15-17-31(18-16-29)27(32)19-23-20-28(26-6-4-3-5-25(23)26)11-13-30(14-12-28)21-22-7-9-24(33-2)10-8-22/h3-10,23H,11-21H2,1-2H3. The van der Waals surface area contributed by atoms with Crippen molar-refractivity contribution in [2.24, 2.45) is 0 Å². The number of methoxy groups -OCH3 is 1. The first-order valence-corrected chi connectivity index (χ1v) is 12.5. The molecule has 0 aromatic heterocycles. The molecule has 1 spiro atoms. The second-order valence-corrected chi connectivity index (χ2v) is 10.3. The van der Waals surface area contributed by atoms with Crippen molar-refractivity contribution in [2.45, 2.75) is 43.6 Å². The molecule has 0 bridgehead atoms. The zero-order valence-electron chi connectivity index (χ0n) is 20.1. The van der Waals surface area contributed by atoms with E-state index in [1.54, 1.807) is 7.11 Å². The Morgan fingerprint density at radius 2 is 1.67 bits per heavy atom. The molecule has 3 aliphatic rings. The van der Waals surface area contributed by atoms with Crippen LogP contribution >= 0.6 is 0 Å². The zero-order chi connectivity index (χ0) is 22.8. The van der Waals surface area contributed by atoms with E-state index in [1.807, 2.05) is 0 Å². The predicted molar refractivity (Wildman–Crippen MR) is 132 cm³/mol. The molecule has 176 valence electrons. The minimum absolute atomic E-state index is 0.236. The maximum Gasteiger partial charge on any atom is 0.223 e. The van der Waals surface area contributed by atoms with Gasteiger partial charge in [0.15, 0.2) is 0 Å². The fourth-order valence-electron chi connectivity index (χ4n) is 6.21. The van der Waals surface area contributed by atoms with Crippen LogP contribution in [0.25, 0.3) is 0 Å². The number of fused-ring (bicyclic) bond motifs is 2. The van der Waals surface area contributed by atoms with E-state index in [-0.39, 0.29) is 5.41 Å². The number of hydrogen-bond donors (Lipinski definition) is 0. The molecular formula is C28H37N3O2. The summed E-state index contributed by atoms with van der Waals surface area (Å²) < 4.78 is 5.29. The molecule has 0 saturated carbocycles. The third-order valence-corrected chi connectivity index (χ3v) is 8.26. The van der Waals surface area contributed by atoms with Crippen molar-refractivity contribution in [3.63, 3.8) is 0 Å². The first-order valence-electron chi connectivity index (χ1n) is 12.5. The monoisotopic (exact) mass is 447 g/mol. The highest BCUT2D eigenvalue weighted by molar-refractivity contribution is 5.77. The lowest BCUT2D eigenvalue weighted by Gasteiger charge is -2.40. The Hall–Kier alpha value is -2.37. The van der Waals surface area contributed by atoms with Gasteiger partial charge in [-0.15, -0.1) is 0 Å².